The van der Waals surface area contributed by atoms with Crippen molar-refractivity contribution >= 4 is 17.9 Å². The Morgan fingerprint density at radius 2 is 2.08 bits per heavy atom. The number of unbranched alkanes of at least 4 members (excludes halogenated alkanes) is 2. The van der Waals surface area contributed by atoms with Crippen molar-refractivity contribution in [1.82, 2.24) is 0 Å². The zero-order valence-electron chi connectivity index (χ0n) is 7.88. The van der Waals surface area contributed by atoms with Gasteiger partial charge in [0.05, 0.1) is 6.10 Å². The van der Waals surface area contributed by atoms with Gasteiger partial charge in [0.15, 0.2) is 0 Å². The van der Waals surface area contributed by atoms with Gasteiger partial charge < -0.3 is 4.74 Å². The van der Waals surface area contributed by atoms with Gasteiger partial charge in [-0.2, -0.15) is 0 Å². The first-order chi connectivity index (χ1) is 5.16. The number of carbonyl (C=O) groups excluding carboxylic acids is 1. The van der Waals surface area contributed by atoms with Gasteiger partial charge in [0.2, 0.25) is 0 Å². The first-order valence-electron chi connectivity index (χ1n) is 4.06. The molecule has 1 atom stereocenters. The fourth-order valence-corrected chi connectivity index (χ4v) is 1.09. The molecule has 0 saturated carbocycles. The van der Waals surface area contributed by atoms with Crippen LogP contribution in [0, 0.1) is 0 Å². The normalized spacial score (nSPS) is 11.6. The molecular formula is C8H16O2SZn. The van der Waals surface area contributed by atoms with Crippen LogP contribution in [0.2, 0.25) is 0 Å². The Hall–Kier alpha value is 0.443. The molecule has 1 unspecified atom stereocenters. The summed E-state index contributed by atoms with van der Waals surface area (Å²) in [6, 6.07) is 0. The third kappa shape index (κ3) is 10.4. The van der Waals surface area contributed by atoms with Crippen LogP contribution in [0.5, 0.6) is 0 Å². The summed E-state index contributed by atoms with van der Waals surface area (Å²) in [6.45, 7) is 4.04. The van der Waals surface area contributed by atoms with E-state index in [4.69, 9.17) is 4.74 Å². The Kier molecular flexibility index (Phi) is 11.9. The fourth-order valence-electron chi connectivity index (χ4n) is 0.913. The van der Waals surface area contributed by atoms with Crippen molar-refractivity contribution in [3.05, 3.63) is 0 Å². The zero-order chi connectivity index (χ0) is 8.69. The molecule has 0 bridgehead atoms. The molecule has 0 amide bonds. The average Bonchev–Trinajstić information content (AvgIpc) is 1.86. The molecule has 0 aromatic rings. The van der Waals surface area contributed by atoms with Crippen molar-refractivity contribution < 1.29 is 29.0 Å². The molecule has 0 aromatic carbocycles. The van der Waals surface area contributed by atoms with Crippen LogP contribution in [0.25, 0.3) is 0 Å². The van der Waals surface area contributed by atoms with Crippen molar-refractivity contribution in [3.63, 3.8) is 0 Å². The second-order valence-electron chi connectivity index (χ2n) is 2.69. The molecule has 0 rings (SSSR count). The van der Waals surface area contributed by atoms with Crippen molar-refractivity contribution in [2.45, 2.75) is 45.6 Å². The van der Waals surface area contributed by atoms with E-state index in [0.29, 0.717) is 0 Å². The standard InChI is InChI=1S/C8H16O2S.Zn/c1-3-4-5-6-7(2)10-8(9)11;/h7H,3-6H2,1-2H3,(H,9,11);. The van der Waals surface area contributed by atoms with Crippen LogP contribution in [-0.2, 0) is 24.2 Å². The summed E-state index contributed by atoms with van der Waals surface area (Å²) < 4.78 is 4.82. The number of rotatable bonds is 5. The van der Waals surface area contributed by atoms with E-state index in [1.54, 1.807) is 0 Å². The smallest absolute Gasteiger partial charge is 0.364 e. The van der Waals surface area contributed by atoms with Gasteiger partial charge in [0, 0.05) is 19.5 Å². The molecule has 0 aliphatic carbocycles. The molecule has 0 aliphatic rings. The SMILES string of the molecule is CCCCCC(C)OC(=O)S.[Zn]. The molecule has 0 spiro atoms. The van der Waals surface area contributed by atoms with E-state index in [-0.39, 0.29) is 25.6 Å². The van der Waals surface area contributed by atoms with Crippen LogP contribution in [-0.4, -0.2) is 11.4 Å². The Morgan fingerprint density at radius 1 is 1.50 bits per heavy atom. The molecule has 12 heavy (non-hydrogen) atoms. The maximum atomic E-state index is 10.3. The maximum Gasteiger partial charge on any atom is 0.364 e. The van der Waals surface area contributed by atoms with E-state index < -0.39 is 5.30 Å². The summed E-state index contributed by atoms with van der Waals surface area (Å²) in [6.07, 6.45) is 4.49. The number of carbonyl (C=O) groups is 1. The molecule has 0 radical (unpaired) electrons. The van der Waals surface area contributed by atoms with Crippen LogP contribution in [0.3, 0.4) is 0 Å². The molecule has 0 heterocycles. The summed E-state index contributed by atoms with van der Waals surface area (Å²) in [4.78, 5) is 10.3. The maximum absolute atomic E-state index is 10.3. The molecule has 2 nitrogen and oxygen atoms in total. The van der Waals surface area contributed by atoms with Crippen LogP contribution < -0.4 is 0 Å². The predicted molar refractivity (Wildman–Crippen MR) is 49.1 cm³/mol. The molecule has 0 aliphatic heterocycles. The van der Waals surface area contributed by atoms with E-state index in [9.17, 15) is 4.79 Å². The minimum atomic E-state index is -0.478. The molecule has 0 N–H and O–H groups in total. The van der Waals surface area contributed by atoms with Gasteiger partial charge in [-0.1, -0.05) is 32.4 Å². The second-order valence-corrected chi connectivity index (χ2v) is 3.06. The van der Waals surface area contributed by atoms with Crippen molar-refractivity contribution in [2.75, 3.05) is 0 Å². The zero-order valence-corrected chi connectivity index (χ0v) is 11.7. The molecular weight excluding hydrogens is 226 g/mol. The van der Waals surface area contributed by atoms with Crippen LogP contribution in [0.4, 0.5) is 4.79 Å². The van der Waals surface area contributed by atoms with Gasteiger partial charge in [-0.25, -0.2) is 4.79 Å². The van der Waals surface area contributed by atoms with Gasteiger partial charge in [0.1, 0.15) is 0 Å². The van der Waals surface area contributed by atoms with E-state index in [0.717, 1.165) is 12.8 Å². The summed E-state index contributed by atoms with van der Waals surface area (Å²) >= 11 is 3.52. The van der Waals surface area contributed by atoms with Crippen molar-refractivity contribution in [2.24, 2.45) is 0 Å². The Balaban J connectivity index is 0. The van der Waals surface area contributed by atoms with Gasteiger partial charge >= 0.3 is 5.30 Å². The summed E-state index contributed by atoms with van der Waals surface area (Å²) in [7, 11) is 0. The Bertz CT molecular complexity index is 120. The van der Waals surface area contributed by atoms with E-state index in [1.165, 1.54) is 12.8 Å². The monoisotopic (exact) mass is 240 g/mol. The third-order valence-corrected chi connectivity index (χ3v) is 1.62. The average molecular weight is 242 g/mol. The predicted octanol–water partition coefficient (Wildman–Crippen LogP) is 3.02. The van der Waals surface area contributed by atoms with Gasteiger partial charge in [0.25, 0.3) is 0 Å². The van der Waals surface area contributed by atoms with E-state index >= 15 is 0 Å². The minimum absolute atomic E-state index is 0. The number of ether oxygens (including phenoxy) is 1. The first-order valence-corrected chi connectivity index (χ1v) is 4.51. The molecule has 68 valence electrons. The van der Waals surface area contributed by atoms with E-state index in [2.05, 4.69) is 19.6 Å². The van der Waals surface area contributed by atoms with Crippen LogP contribution in [0.1, 0.15) is 39.5 Å². The topological polar surface area (TPSA) is 26.3 Å². The summed E-state index contributed by atoms with van der Waals surface area (Å²) in [5, 5.41) is -0.478. The van der Waals surface area contributed by atoms with Crippen LogP contribution in [0.15, 0.2) is 0 Å². The summed E-state index contributed by atoms with van der Waals surface area (Å²) in [5.74, 6) is 0. The van der Waals surface area contributed by atoms with Gasteiger partial charge in [-0.3, -0.25) is 0 Å². The number of hydrogen-bond acceptors (Lipinski definition) is 2. The molecule has 0 aromatic heterocycles. The molecule has 0 fully saturated rings. The molecule has 4 heteroatoms. The molecule has 0 saturated heterocycles. The Labute approximate surface area is 92.6 Å². The fraction of sp³-hybridized carbons (Fsp3) is 0.875. The first kappa shape index (κ1) is 14.9. The van der Waals surface area contributed by atoms with Gasteiger partial charge in [-0.15, -0.1) is 0 Å². The van der Waals surface area contributed by atoms with Crippen LogP contribution >= 0.6 is 12.6 Å². The number of thiol groups is 1. The number of hydrogen-bond donors (Lipinski definition) is 1. The Morgan fingerprint density at radius 3 is 2.50 bits per heavy atom. The second kappa shape index (κ2) is 9.53. The quantitative estimate of drug-likeness (QED) is 0.347. The van der Waals surface area contributed by atoms with Crippen molar-refractivity contribution in [1.29, 1.82) is 0 Å². The van der Waals surface area contributed by atoms with Crippen molar-refractivity contribution in [3.8, 4) is 0 Å². The van der Waals surface area contributed by atoms with E-state index in [1.807, 2.05) is 6.92 Å². The third-order valence-electron chi connectivity index (χ3n) is 1.52. The van der Waals surface area contributed by atoms with Gasteiger partial charge in [-0.05, 0) is 19.8 Å². The minimum Gasteiger partial charge on any atom is -0.455 e. The summed E-state index contributed by atoms with van der Waals surface area (Å²) in [5.41, 5.74) is 0. The largest absolute Gasteiger partial charge is 0.455 e.